The van der Waals surface area contributed by atoms with E-state index in [9.17, 15) is 13.9 Å². The van der Waals surface area contributed by atoms with E-state index >= 15 is 0 Å². The zero-order chi connectivity index (χ0) is 17.4. The third-order valence-corrected chi connectivity index (χ3v) is 4.46. The van der Waals surface area contributed by atoms with Crippen molar-refractivity contribution in [2.45, 2.75) is 25.7 Å². The van der Waals surface area contributed by atoms with Crippen LogP contribution in [0.25, 0.3) is 0 Å². The van der Waals surface area contributed by atoms with Gasteiger partial charge in [-0.3, -0.25) is 0 Å². The molecule has 0 aliphatic carbocycles. The van der Waals surface area contributed by atoms with Crippen LogP contribution >= 0.6 is 0 Å². The fourth-order valence-electron chi connectivity index (χ4n) is 3.08. The molecule has 24 heavy (non-hydrogen) atoms. The first-order chi connectivity index (χ1) is 11.6. The highest BCUT2D eigenvalue weighted by Crippen LogP contribution is 2.26. The fraction of sp³-hybridized carbons (Fsp3) is 0.400. The van der Waals surface area contributed by atoms with Gasteiger partial charge in [0.15, 0.2) is 0 Å². The predicted octanol–water partition coefficient (Wildman–Crippen LogP) is 3.75. The Bertz CT molecular complexity index is 596. The fourth-order valence-corrected chi connectivity index (χ4v) is 3.08. The van der Waals surface area contributed by atoms with Gasteiger partial charge in [0.25, 0.3) is 0 Å². The van der Waals surface area contributed by atoms with Crippen molar-refractivity contribution in [1.29, 1.82) is 0 Å². The number of benzene rings is 2. The highest BCUT2D eigenvalue weighted by Gasteiger charge is 2.21. The van der Waals surface area contributed by atoms with Crippen molar-refractivity contribution in [3.05, 3.63) is 71.3 Å². The van der Waals surface area contributed by atoms with Crippen LogP contribution in [0.15, 0.2) is 48.5 Å². The first kappa shape index (κ1) is 18.6. The standard InChI is InChI=1S/C20H24F2O2/c21-19-7-3-15(4-8-19)12-17(2-1-11-23)18(14-24)13-16-5-9-20(22)10-6-16/h3-10,17-18,23-24H,1-2,11-14H2/t17-,18+/m0/s1. The molecule has 0 radical (unpaired) electrons. The lowest BCUT2D eigenvalue weighted by Gasteiger charge is -2.26. The summed E-state index contributed by atoms with van der Waals surface area (Å²) < 4.78 is 26.1. The Hall–Kier alpha value is -1.78. The first-order valence-corrected chi connectivity index (χ1v) is 8.33. The second kappa shape index (κ2) is 9.50. The van der Waals surface area contributed by atoms with Gasteiger partial charge in [0.1, 0.15) is 11.6 Å². The molecule has 2 aromatic carbocycles. The van der Waals surface area contributed by atoms with Gasteiger partial charge in [-0.15, -0.1) is 0 Å². The van der Waals surface area contributed by atoms with Crippen molar-refractivity contribution in [3.63, 3.8) is 0 Å². The van der Waals surface area contributed by atoms with Crippen LogP contribution in [0.3, 0.4) is 0 Å². The molecule has 0 saturated heterocycles. The van der Waals surface area contributed by atoms with Crippen LogP contribution in [-0.4, -0.2) is 23.4 Å². The summed E-state index contributed by atoms with van der Waals surface area (Å²) >= 11 is 0. The third kappa shape index (κ3) is 5.69. The predicted molar refractivity (Wildman–Crippen MR) is 90.6 cm³/mol. The lowest BCUT2D eigenvalue weighted by atomic mass is 9.80. The summed E-state index contributed by atoms with van der Waals surface area (Å²) in [7, 11) is 0. The zero-order valence-corrected chi connectivity index (χ0v) is 13.7. The van der Waals surface area contributed by atoms with E-state index in [-0.39, 0.29) is 36.7 Å². The molecule has 0 fully saturated rings. The van der Waals surface area contributed by atoms with E-state index in [1.54, 1.807) is 24.3 Å². The van der Waals surface area contributed by atoms with Gasteiger partial charge in [0.05, 0.1) is 0 Å². The van der Waals surface area contributed by atoms with Gasteiger partial charge < -0.3 is 10.2 Å². The van der Waals surface area contributed by atoms with Crippen LogP contribution < -0.4 is 0 Å². The monoisotopic (exact) mass is 334 g/mol. The molecule has 0 aromatic heterocycles. The van der Waals surface area contributed by atoms with E-state index in [0.717, 1.165) is 17.5 Å². The molecule has 2 rings (SSSR count). The maximum Gasteiger partial charge on any atom is 0.123 e. The lowest BCUT2D eigenvalue weighted by Crippen LogP contribution is -2.23. The van der Waals surface area contributed by atoms with Crippen LogP contribution in [0, 0.1) is 23.5 Å². The summed E-state index contributed by atoms with van der Waals surface area (Å²) in [5.41, 5.74) is 1.99. The third-order valence-electron chi connectivity index (χ3n) is 4.46. The number of hydrogen-bond donors (Lipinski definition) is 2. The molecular formula is C20H24F2O2. The Kier molecular flexibility index (Phi) is 7.35. The van der Waals surface area contributed by atoms with E-state index in [4.69, 9.17) is 5.11 Å². The molecule has 2 nitrogen and oxygen atoms in total. The summed E-state index contributed by atoms with van der Waals surface area (Å²) in [6.45, 7) is 0.128. The van der Waals surface area contributed by atoms with Crippen LogP contribution in [-0.2, 0) is 12.8 Å². The Morgan fingerprint density at radius 3 is 1.58 bits per heavy atom. The summed E-state index contributed by atoms with van der Waals surface area (Å²) in [5.74, 6) is -0.372. The smallest absolute Gasteiger partial charge is 0.123 e. The quantitative estimate of drug-likeness (QED) is 0.733. The average molecular weight is 334 g/mol. The van der Waals surface area contributed by atoms with Gasteiger partial charge in [0, 0.05) is 13.2 Å². The van der Waals surface area contributed by atoms with Crippen LogP contribution in [0.4, 0.5) is 8.78 Å². The summed E-state index contributed by atoms with van der Waals surface area (Å²) in [6.07, 6.45) is 2.80. The Morgan fingerprint density at radius 1 is 0.708 bits per heavy atom. The number of aliphatic hydroxyl groups is 2. The molecule has 4 heteroatoms. The van der Waals surface area contributed by atoms with Crippen molar-refractivity contribution in [3.8, 4) is 0 Å². The van der Waals surface area contributed by atoms with Crippen LogP contribution in [0.2, 0.25) is 0 Å². The molecular weight excluding hydrogens is 310 g/mol. The van der Waals surface area contributed by atoms with E-state index in [1.807, 2.05) is 0 Å². The first-order valence-electron chi connectivity index (χ1n) is 8.33. The molecule has 2 aromatic rings. The minimum absolute atomic E-state index is 0.00654. The van der Waals surface area contributed by atoms with Gasteiger partial charge in [-0.05, 0) is 72.9 Å². The molecule has 0 unspecified atom stereocenters. The van der Waals surface area contributed by atoms with E-state index in [2.05, 4.69) is 0 Å². The van der Waals surface area contributed by atoms with E-state index in [0.29, 0.717) is 19.3 Å². The molecule has 130 valence electrons. The van der Waals surface area contributed by atoms with Gasteiger partial charge in [0.2, 0.25) is 0 Å². The molecule has 0 bridgehead atoms. The number of hydrogen-bond acceptors (Lipinski definition) is 2. The maximum absolute atomic E-state index is 13.1. The highest BCUT2D eigenvalue weighted by atomic mass is 19.1. The lowest BCUT2D eigenvalue weighted by molar-refractivity contribution is 0.158. The van der Waals surface area contributed by atoms with E-state index in [1.165, 1.54) is 24.3 Å². The topological polar surface area (TPSA) is 40.5 Å². The minimum Gasteiger partial charge on any atom is -0.396 e. The molecule has 0 heterocycles. The van der Waals surface area contributed by atoms with Gasteiger partial charge in [-0.2, -0.15) is 0 Å². The van der Waals surface area contributed by atoms with Gasteiger partial charge in [-0.1, -0.05) is 24.3 Å². The van der Waals surface area contributed by atoms with Crippen molar-refractivity contribution in [1.82, 2.24) is 0 Å². The van der Waals surface area contributed by atoms with Crippen LogP contribution in [0.1, 0.15) is 24.0 Å². The largest absolute Gasteiger partial charge is 0.396 e. The van der Waals surface area contributed by atoms with Crippen molar-refractivity contribution >= 4 is 0 Å². The number of rotatable bonds is 9. The molecule has 0 amide bonds. The SMILES string of the molecule is OCCC[C@@H](Cc1ccc(F)cc1)[C@@H](CO)Cc1ccc(F)cc1. The molecule has 2 N–H and O–H groups in total. The summed E-state index contributed by atoms with van der Waals surface area (Å²) in [4.78, 5) is 0. The highest BCUT2D eigenvalue weighted by molar-refractivity contribution is 5.19. The van der Waals surface area contributed by atoms with Crippen molar-refractivity contribution in [2.75, 3.05) is 13.2 Å². The van der Waals surface area contributed by atoms with Crippen LogP contribution in [0.5, 0.6) is 0 Å². The molecule has 0 saturated carbocycles. The second-order valence-corrected chi connectivity index (χ2v) is 6.23. The molecule has 0 spiro atoms. The minimum atomic E-state index is -0.276. The normalized spacial score (nSPS) is 13.7. The van der Waals surface area contributed by atoms with Gasteiger partial charge in [-0.25, -0.2) is 8.78 Å². The zero-order valence-electron chi connectivity index (χ0n) is 13.7. The van der Waals surface area contributed by atoms with Crippen molar-refractivity contribution < 1.29 is 19.0 Å². The number of halogens is 2. The average Bonchev–Trinajstić information content (AvgIpc) is 2.60. The molecule has 0 aliphatic heterocycles. The Labute approximate surface area is 141 Å². The van der Waals surface area contributed by atoms with E-state index < -0.39 is 0 Å². The van der Waals surface area contributed by atoms with Crippen molar-refractivity contribution in [2.24, 2.45) is 11.8 Å². The summed E-state index contributed by atoms with van der Waals surface area (Å²) in [6, 6.07) is 12.7. The van der Waals surface area contributed by atoms with Gasteiger partial charge >= 0.3 is 0 Å². The molecule has 0 aliphatic rings. The summed E-state index contributed by atoms with van der Waals surface area (Å²) in [5, 5.41) is 19.0. The molecule has 2 atom stereocenters. The Balaban J connectivity index is 2.10. The second-order valence-electron chi connectivity index (χ2n) is 6.23. The number of aliphatic hydroxyl groups excluding tert-OH is 2. The Morgan fingerprint density at radius 2 is 1.17 bits per heavy atom. The maximum atomic E-state index is 13.1.